The van der Waals surface area contributed by atoms with E-state index >= 15 is 0 Å². The molecule has 0 fully saturated rings. The Morgan fingerprint density at radius 1 is 1.00 bits per heavy atom. The summed E-state index contributed by atoms with van der Waals surface area (Å²) in [6.45, 7) is 0. The van der Waals surface area contributed by atoms with Crippen molar-refractivity contribution in [2.24, 2.45) is 11.8 Å². The van der Waals surface area contributed by atoms with Crippen molar-refractivity contribution in [3.8, 4) is 0 Å². The summed E-state index contributed by atoms with van der Waals surface area (Å²) in [6.07, 6.45) is 11.4. The minimum atomic E-state index is 0.336. The lowest BCUT2D eigenvalue weighted by molar-refractivity contribution is -0.119. The molecule has 0 spiro atoms. The Labute approximate surface area is 84.9 Å². The molecule has 0 heterocycles. The van der Waals surface area contributed by atoms with Crippen LogP contribution in [0, 0.1) is 11.8 Å². The number of Topliss-reactive ketones (excluding diaryl/α,β-unsaturated/α-hetero) is 1. The molecule has 0 bridgehead atoms. The maximum atomic E-state index is 12.1. The van der Waals surface area contributed by atoms with Crippen molar-refractivity contribution in [3.63, 3.8) is 0 Å². The van der Waals surface area contributed by atoms with Gasteiger partial charge in [0.05, 0.1) is 0 Å². The molecular formula is C13H16O. The van der Waals surface area contributed by atoms with Crippen molar-refractivity contribution >= 4 is 5.78 Å². The summed E-state index contributed by atoms with van der Waals surface area (Å²) in [7, 11) is 0. The molecule has 0 amide bonds. The number of hydrogen-bond donors (Lipinski definition) is 0. The van der Waals surface area contributed by atoms with Gasteiger partial charge >= 0.3 is 0 Å². The second-order valence-electron chi connectivity index (χ2n) is 4.73. The molecule has 1 heteroatoms. The zero-order valence-corrected chi connectivity index (χ0v) is 8.46. The van der Waals surface area contributed by atoms with Crippen LogP contribution >= 0.6 is 0 Å². The molecule has 14 heavy (non-hydrogen) atoms. The summed E-state index contributed by atoms with van der Waals surface area (Å²) in [6, 6.07) is 0. The molecule has 0 aromatic heterocycles. The van der Waals surface area contributed by atoms with Crippen molar-refractivity contribution in [1.82, 2.24) is 0 Å². The first-order chi connectivity index (χ1) is 6.88. The van der Waals surface area contributed by atoms with E-state index < -0.39 is 0 Å². The first-order valence-corrected chi connectivity index (χ1v) is 5.79. The highest BCUT2D eigenvalue weighted by atomic mass is 16.1. The second kappa shape index (κ2) is 3.08. The average Bonchev–Trinajstić information content (AvgIpc) is 2.55. The minimum Gasteiger partial charge on any atom is -0.294 e. The van der Waals surface area contributed by atoms with Crippen molar-refractivity contribution in [1.29, 1.82) is 0 Å². The maximum absolute atomic E-state index is 12.1. The minimum absolute atomic E-state index is 0.336. The third-order valence-electron chi connectivity index (χ3n) is 4.02. The number of rotatable bonds is 0. The van der Waals surface area contributed by atoms with Gasteiger partial charge in [-0.05, 0) is 50.0 Å². The fourth-order valence-electron chi connectivity index (χ4n) is 3.33. The van der Waals surface area contributed by atoms with Crippen molar-refractivity contribution in [2.75, 3.05) is 0 Å². The van der Waals surface area contributed by atoms with Crippen LogP contribution in [0.4, 0.5) is 0 Å². The van der Waals surface area contributed by atoms with Gasteiger partial charge in [0, 0.05) is 5.92 Å². The van der Waals surface area contributed by atoms with Crippen LogP contribution in [0.2, 0.25) is 0 Å². The first-order valence-electron chi connectivity index (χ1n) is 5.79. The topological polar surface area (TPSA) is 17.1 Å². The molecule has 0 saturated carbocycles. The molecule has 0 aliphatic heterocycles. The number of ketones is 1. The molecule has 74 valence electrons. The monoisotopic (exact) mass is 188 g/mol. The Kier molecular flexibility index (Phi) is 1.86. The first kappa shape index (κ1) is 8.46. The Bertz CT molecular complexity index is 335. The molecular weight excluding hydrogens is 172 g/mol. The maximum Gasteiger partial charge on any atom is 0.162 e. The normalized spacial score (nSPS) is 35.9. The van der Waals surface area contributed by atoms with Crippen molar-refractivity contribution in [3.05, 3.63) is 23.3 Å². The second-order valence-corrected chi connectivity index (χ2v) is 4.73. The van der Waals surface area contributed by atoms with Crippen LogP contribution in [0.3, 0.4) is 0 Å². The molecule has 0 unspecified atom stereocenters. The lowest BCUT2D eigenvalue weighted by atomic mass is 9.80. The van der Waals surface area contributed by atoms with E-state index in [1.165, 1.54) is 30.4 Å². The van der Waals surface area contributed by atoms with Gasteiger partial charge in [-0.15, -0.1) is 0 Å². The lowest BCUT2D eigenvalue weighted by Gasteiger charge is -2.23. The Balaban J connectivity index is 1.99. The third-order valence-corrected chi connectivity index (χ3v) is 4.02. The summed E-state index contributed by atoms with van der Waals surface area (Å²) in [5.74, 6) is 1.43. The van der Waals surface area contributed by atoms with E-state index in [2.05, 4.69) is 12.2 Å². The molecule has 3 aliphatic rings. The summed E-state index contributed by atoms with van der Waals surface area (Å²) in [4.78, 5) is 12.1. The molecule has 0 radical (unpaired) electrons. The smallest absolute Gasteiger partial charge is 0.162 e. The van der Waals surface area contributed by atoms with Crippen LogP contribution in [0.5, 0.6) is 0 Å². The van der Waals surface area contributed by atoms with Crippen LogP contribution in [0.25, 0.3) is 0 Å². The van der Waals surface area contributed by atoms with Gasteiger partial charge in [0.15, 0.2) is 5.78 Å². The Morgan fingerprint density at radius 3 is 2.57 bits per heavy atom. The van der Waals surface area contributed by atoms with E-state index in [-0.39, 0.29) is 0 Å². The zero-order chi connectivity index (χ0) is 9.54. The van der Waals surface area contributed by atoms with Crippen LogP contribution in [-0.2, 0) is 4.79 Å². The van der Waals surface area contributed by atoms with Crippen LogP contribution in [-0.4, -0.2) is 5.78 Å². The summed E-state index contributed by atoms with van der Waals surface area (Å²) < 4.78 is 0. The number of allylic oxidation sites excluding steroid dienone is 4. The van der Waals surface area contributed by atoms with Gasteiger partial charge in [0.1, 0.15) is 0 Å². The van der Waals surface area contributed by atoms with Crippen LogP contribution in [0.1, 0.15) is 38.5 Å². The highest BCUT2D eigenvalue weighted by Gasteiger charge is 2.41. The highest BCUT2D eigenvalue weighted by molar-refractivity contribution is 6.01. The summed E-state index contributed by atoms with van der Waals surface area (Å²) in [5.41, 5.74) is 2.77. The fraction of sp³-hybridized carbons (Fsp3) is 0.615. The lowest BCUT2D eigenvalue weighted by Crippen LogP contribution is -2.19. The SMILES string of the molecule is O=C1C2=C(CCCC2)[C@H]2CC=CC[C@@H]12. The van der Waals surface area contributed by atoms with Gasteiger partial charge in [0.25, 0.3) is 0 Å². The predicted octanol–water partition coefficient (Wildman–Crippen LogP) is 3.02. The molecule has 3 rings (SSSR count). The Morgan fingerprint density at radius 2 is 1.71 bits per heavy atom. The zero-order valence-electron chi connectivity index (χ0n) is 8.46. The van der Waals surface area contributed by atoms with E-state index in [9.17, 15) is 4.79 Å². The van der Waals surface area contributed by atoms with Crippen molar-refractivity contribution < 1.29 is 4.79 Å². The molecule has 3 aliphatic carbocycles. The van der Waals surface area contributed by atoms with E-state index in [0.29, 0.717) is 17.6 Å². The summed E-state index contributed by atoms with van der Waals surface area (Å²) >= 11 is 0. The van der Waals surface area contributed by atoms with Gasteiger partial charge in [-0.25, -0.2) is 0 Å². The number of fused-ring (bicyclic) bond motifs is 2. The van der Waals surface area contributed by atoms with Gasteiger partial charge in [0.2, 0.25) is 0 Å². The molecule has 1 nitrogen and oxygen atoms in total. The molecule has 0 aromatic rings. The van der Waals surface area contributed by atoms with E-state index in [0.717, 1.165) is 19.3 Å². The van der Waals surface area contributed by atoms with Crippen LogP contribution < -0.4 is 0 Å². The fourth-order valence-corrected chi connectivity index (χ4v) is 3.33. The molecule has 0 aromatic carbocycles. The van der Waals surface area contributed by atoms with E-state index in [1.54, 1.807) is 0 Å². The quantitative estimate of drug-likeness (QED) is 0.534. The summed E-state index contributed by atoms with van der Waals surface area (Å²) in [5, 5.41) is 0. The highest BCUT2D eigenvalue weighted by Crippen LogP contribution is 2.46. The van der Waals surface area contributed by atoms with Gasteiger partial charge < -0.3 is 0 Å². The van der Waals surface area contributed by atoms with E-state index in [1.807, 2.05) is 0 Å². The molecule has 0 saturated heterocycles. The Hall–Kier alpha value is -0.850. The van der Waals surface area contributed by atoms with Gasteiger partial charge in [-0.1, -0.05) is 17.7 Å². The standard InChI is InChI=1S/C13H16O/c14-13-11-7-3-1-5-9(11)10-6-2-4-8-12(10)13/h1,3,9,11H,2,4-8H2/t9-,11-/m1/s1. The largest absolute Gasteiger partial charge is 0.294 e. The average molecular weight is 188 g/mol. The number of carbonyl (C=O) groups is 1. The predicted molar refractivity (Wildman–Crippen MR) is 55.9 cm³/mol. The van der Waals surface area contributed by atoms with Crippen molar-refractivity contribution in [2.45, 2.75) is 38.5 Å². The van der Waals surface area contributed by atoms with Crippen LogP contribution in [0.15, 0.2) is 23.3 Å². The number of carbonyl (C=O) groups excluding carboxylic acids is 1. The third kappa shape index (κ3) is 1.05. The van der Waals surface area contributed by atoms with Gasteiger partial charge in [-0.2, -0.15) is 0 Å². The van der Waals surface area contributed by atoms with E-state index in [4.69, 9.17) is 0 Å². The van der Waals surface area contributed by atoms with Gasteiger partial charge in [-0.3, -0.25) is 4.79 Å². The molecule has 2 atom stereocenters. The molecule has 0 N–H and O–H groups in total. The number of hydrogen-bond acceptors (Lipinski definition) is 1.